The number of nitro benzene ring substituents is 1. The molecule has 2 aliphatic rings. The number of carbonyl (C=O) groups excluding carboxylic acids is 1. The normalized spacial score (nSPS) is 24.0. The highest BCUT2D eigenvalue weighted by Gasteiger charge is 2.37. The molecule has 0 aromatic heterocycles. The van der Waals surface area contributed by atoms with Gasteiger partial charge in [-0.15, -0.1) is 0 Å². The summed E-state index contributed by atoms with van der Waals surface area (Å²) in [6, 6.07) is 4.44. The number of nitrogens with one attached hydrogen (secondary N) is 1. The van der Waals surface area contributed by atoms with E-state index in [0.29, 0.717) is 24.4 Å². The van der Waals surface area contributed by atoms with E-state index in [4.69, 9.17) is 4.74 Å². The summed E-state index contributed by atoms with van der Waals surface area (Å²) in [5.41, 5.74) is 0.896. The van der Waals surface area contributed by atoms with Crippen molar-refractivity contribution in [2.45, 2.75) is 37.8 Å². The fraction of sp³-hybridized carbons (Fsp3) is 0.562. The Morgan fingerprint density at radius 3 is 2.91 bits per heavy atom. The van der Waals surface area contributed by atoms with Gasteiger partial charge in [0, 0.05) is 31.4 Å². The summed E-state index contributed by atoms with van der Waals surface area (Å²) in [5.74, 6) is -0.154. The number of rotatable bonds is 3. The third kappa shape index (κ3) is 3.01. The maximum Gasteiger partial charge on any atom is 0.270 e. The molecule has 23 heavy (non-hydrogen) atoms. The van der Waals surface area contributed by atoms with Gasteiger partial charge in [-0.1, -0.05) is 12.8 Å². The van der Waals surface area contributed by atoms with E-state index in [9.17, 15) is 14.9 Å². The van der Waals surface area contributed by atoms with E-state index in [1.165, 1.54) is 12.1 Å². The lowest BCUT2D eigenvalue weighted by atomic mass is 9.89. The summed E-state index contributed by atoms with van der Waals surface area (Å²) in [5, 5.41) is 14.0. The number of benzene rings is 1. The molecule has 0 bridgehead atoms. The van der Waals surface area contributed by atoms with Crippen molar-refractivity contribution < 1.29 is 14.5 Å². The highest BCUT2D eigenvalue weighted by Crippen LogP contribution is 2.31. The van der Waals surface area contributed by atoms with E-state index in [0.717, 1.165) is 25.7 Å². The van der Waals surface area contributed by atoms with Gasteiger partial charge in [0.1, 0.15) is 0 Å². The molecule has 7 heteroatoms. The molecule has 1 aromatic carbocycles. The molecule has 3 rings (SSSR count). The number of ether oxygens (including phenoxy) is 1. The van der Waals surface area contributed by atoms with Gasteiger partial charge in [0.15, 0.2) is 0 Å². The van der Waals surface area contributed by atoms with Crippen molar-refractivity contribution in [2.24, 2.45) is 0 Å². The number of morpholine rings is 1. The van der Waals surface area contributed by atoms with E-state index in [2.05, 4.69) is 5.32 Å². The number of hydrogen-bond acceptors (Lipinski definition) is 5. The summed E-state index contributed by atoms with van der Waals surface area (Å²) in [7, 11) is 1.71. The lowest BCUT2D eigenvalue weighted by Gasteiger charge is -2.43. The van der Waals surface area contributed by atoms with Gasteiger partial charge in [-0.05, 0) is 18.9 Å². The molecule has 1 saturated heterocycles. The van der Waals surface area contributed by atoms with Crippen LogP contribution in [0.25, 0.3) is 0 Å². The number of nitrogens with zero attached hydrogens (tertiary/aromatic N) is 2. The zero-order valence-electron chi connectivity index (χ0n) is 13.2. The van der Waals surface area contributed by atoms with Crippen LogP contribution in [0.2, 0.25) is 0 Å². The third-order valence-electron chi connectivity index (χ3n) is 4.71. The minimum absolute atomic E-state index is 0.0687. The molecule has 1 saturated carbocycles. The smallest absolute Gasteiger partial charge is 0.270 e. The fourth-order valence-corrected chi connectivity index (χ4v) is 3.54. The summed E-state index contributed by atoms with van der Waals surface area (Å²) >= 11 is 0. The van der Waals surface area contributed by atoms with Gasteiger partial charge in [0.2, 0.25) is 0 Å². The minimum Gasteiger partial charge on any atom is -0.387 e. The van der Waals surface area contributed by atoms with Crippen molar-refractivity contribution in [1.29, 1.82) is 0 Å². The van der Waals surface area contributed by atoms with Crippen molar-refractivity contribution in [2.75, 3.05) is 25.5 Å². The Bertz CT molecular complexity index is 617. The van der Waals surface area contributed by atoms with Gasteiger partial charge < -0.3 is 15.0 Å². The SMILES string of the molecule is CNc1ccc([N+](=O)[O-])cc1C(=O)N1CCO[C@@H]2CCCC[C@@H]21. The first-order valence-electron chi connectivity index (χ1n) is 8.00. The van der Waals surface area contributed by atoms with Crippen LogP contribution in [0.15, 0.2) is 18.2 Å². The van der Waals surface area contributed by atoms with Crippen LogP contribution in [0, 0.1) is 10.1 Å². The molecular formula is C16H21N3O4. The van der Waals surface area contributed by atoms with Crippen molar-refractivity contribution in [3.63, 3.8) is 0 Å². The molecular weight excluding hydrogens is 298 g/mol. The third-order valence-corrected chi connectivity index (χ3v) is 4.71. The Morgan fingerprint density at radius 2 is 2.17 bits per heavy atom. The molecule has 1 amide bonds. The molecule has 0 spiro atoms. The number of non-ortho nitro benzene ring substituents is 1. The highest BCUT2D eigenvalue weighted by molar-refractivity contribution is 6.00. The minimum atomic E-state index is -0.473. The van der Waals surface area contributed by atoms with Gasteiger partial charge in [0.05, 0.1) is 29.2 Å². The number of carbonyl (C=O) groups is 1. The number of nitro groups is 1. The monoisotopic (exact) mass is 319 g/mol. The topological polar surface area (TPSA) is 84.7 Å². The Kier molecular flexibility index (Phi) is 4.47. The van der Waals surface area contributed by atoms with Gasteiger partial charge >= 0.3 is 0 Å². The molecule has 1 heterocycles. The standard InChI is InChI=1S/C16H21N3O4/c1-17-13-7-6-11(19(21)22)10-12(13)16(20)18-8-9-23-15-5-3-2-4-14(15)18/h6-7,10,14-15,17H,2-5,8-9H2,1H3/t14-,15+/m0/s1. The van der Waals surface area contributed by atoms with Gasteiger partial charge in [-0.25, -0.2) is 0 Å². The lowest BCUT2D eigenvalue weighted by molar-refractivity contribution is -0.384. The number of fused-ring (bicyclic) bond motifs is 1. The summed E-state index contributed by atoms with van der Waals surface area (Å²) in [4.78, 5) is 25.4. The van der Waals surface area contributed by atoms with E-state index >= 15 is 0 Å². The second-order valence-electron chi connectivity index (χ2n) is 6.00. The second-order valence-corrected chi connectivity index (χ2v) is 6.00. The summed E-state index contributed by atoms with van der Waals surface area (Å²) < 4.78 is 5.80. The summed E-state index contributed by atoms with van der Waals surface area (Å²) in [6.45, 7) is 1.06. The van der Waals surface area contributed by atoms with Gasteiger partial charge in [-0.3, -0.25) is 14.9 Å². The molecule has 0 unspecified atom stereocenters. The second kappa shape index (κ2) is 6.54. The molecule has 124 valence electrons. The number of hydrogen-bond donors (Lipinski definition) is 1. The molecule has 1 aromatic rings. The van der Waals surface area contributed by atoms with Crippen LogP contribution < -0.4 is 5.32 Å². The number of amides is 1. The van der Waals surface area contributed by atoms with Crippen LogP contribution in [-0.2, 0) is 4.74 Å². The Balaban J connectivity index is 1.92. The van der Waals surface area contributed by atoms with Crippen LogP contribution >= 0.6 is 0 Å². The Labute approximate surface area is 134 Å². The fourth-order valence-electron chi connectivity index (χ4n) is 3.54. The average molecular weight is 319 g/mol. The Morgan fingerprint density at radius 1 is 1.39 bits per heavy atom. The molecule has 1 aliphatic heterocycles. The first-order valence-corrected chi connectivity index (χ1v) is 8.00. The number of anilines is 1. The molecule has 1 aliphatic carbocycles. The van der Waals surface area contributed by atoms with Crippen molar-refractivity contribution in [3.05, 3.63) is 33.9 Å². The van der Waals surface area contributed by atoms with E-state index in [1.807, 2.05) is 4.90 Å². The largest absolute Gasteiger partial charge is 0.387 e. The summed E-state index contributed by atoms with van der Waals surface area (Å²) in [6.07, 6.45) is 4.21. The average Bonchev–Trinajstić information content (AvgIpc) is 2.60. The van der Waals surface area contributed by atoms with Crippen LogP contribution in [0.1, 0.15) is 36.0 Å². The van der Waals surface area contributed by atoms with Crippen molar-refractivity contribution >= 4 is 17.3 Å². The molecule has 0 radical (unpaired) electrons. The van der Waals surface area contributed by atoms with E-state index in [-0.39, 0.29) is 23.7 Å². The lowest BCUT2D eigenvalue weighted by Crippen LogP contribution is -2.54. The van der Waals surface area contributed by atoms with Crippen LogP contribution in [0.5, 0.6) is 0 Å². The van der Waals surface area contributed by atoms with Crippen LogP contribution in [0.4, 0.5) is 11.4 Å². The zero-order valence-corrected chi connectivity index (χ0v) is 13.2. The molecule has 2 atom stereocenters. The molecule has 7 nitrogen and oxygen atoms in total. The molecule has 2 fully saturated rings. The maximum atomic E-state index is 13.0. The molecule has 1 N–H and O–H groups in total. The van der Waals surface area contributed by atoms with Crippen molar-refractivity contribution in [1.82, 2.24) is 4.90 Å². The van der Waals surface area contributed by atoms with Crippen LogP contribution in [0.3, 0.4) is 0 Å². The zero-order chi connectivity index (χ0) is 16.4. The van der Waals surface area contributed by atoms with Crippen molar-refractivity contribution in [3.8, 4) is 0 Å². The van der Waals surface area contributed by atoms with Crippen LogP contribution in [-0.4, -0.2) is 48.1 Å². The Hall–Kier alpha value is -2.15. The maximum absolute atomic E-state index is 13.0. The predicted octanol–water partition coefficient (Wildman–Crippen LogP) is 2.42. The van der Waals surface area contributed by atoms with Gasteiger partial charge in [0.25, 0.3) is 11.6 Å². The first kappa shape index (κ1) is 15.7. The van der Waals surface area contributed by atoms with E-state index < -0.39 is 4.92 Å². The van der Waals surface area contributed by atoms with E-state index in [1.54, 1.807) is 13.1 Å². The highest BCUT2D eigenvalue weighted by atomic mass is 16.6. The predicted molar refractivity (Wildman–Crippen MR) is 85.7 cm³/mol. The first-order chi connectivity index (χ1) is 11.1. The quantitative estimate of drug-likeness (QED) is 0.683. The van der Waals surface area contributed by atoms with Gasteiger partial charge in [-0.2, -0.15) is 0 Å².